The predicted molar refractivity (Wildman–Crippen MR) is 80.0 cm³/mol. The van der Waals surface area contributed by atoms with Crippen molar-refractivity contribution < 1.29 is 5.11 Å². The van der Waals surface area contributed by atoms with E-state index < -0.39 is 0 Å². The standard InChI is InChI=1S/C17H23NO/c1-3-6-14(7-4-2)17(19)15-10-9-13-8-5-11-18-16(13)12-15/h5,8-12,14,17,19H,3-4,6-7H2,1-2H3. The van der Waals surface area contributed by atoms with Crippen LogP contribution < -0.4 is 0 Å². The number of pyridine rings is 1. The molecule has 19 heavy (non-hydrogen) atoms. The predicted octanol–water partition coefficient (Wildman–Crippen LogP) is 4.48. The minimum Gasteiger partial charge on any atom is -0.388 e. The maximum absolute atomic E-state index is 10.6. The second kappa shape index (κ2) is 6.67. The van der Waals surface area contributed by atoms with Crippen molar-refractivity contribution in [3.05, 3.63) is 42.1 Å². The van der Waals surface area contributed by atoms with Gasteiger partial charge in [0.25, 0.3) is 0 Å². The Kier molecular flexibility index (Phi) is 4.92. The summed E-state index contributed by atoms with van der Waals surface area (Å²) in [4.78, 5) is 4.36. The summed E-state index contributed by atoms with van der Waals surface area (Å²) in [5.74, 6) is 0.358. The zero-order chi connectivity index (χ0) is 13.7. The van der Waals surface area contributed by atoms with Crippen LogP contribution in [0.2, 0.25) is 0 Å². The Morgan fingerprint density at radius 2 is 1.84 bits per heavy atom. The van der Waals surface area contributed by atoms with Crippen molar-refractivity contribution in [2.45, 2.75) is 45.6 Å². The molecule has 0 saturated heterocycles. The van der Waals surface area contributed by atoms with E-state index in [0.29, 0.717) is 5.92 Å². The summed E-state index contributed by atoms with van der Waals surface area (Å²) < 4.78 is 0. The number of aliphatic hydroxyl groups excluding tert-OH is 1. The number of hydrogen-bond donors (Lipinski definition) is 1. The van der Waals surface area contributed by atoms with Gasteiger partial charge in [0.1, 0.15) is 0 Å². The number of rotatable bonds is 6. The lowest BCUT2D eigenvalue weighted by atomic mass is 9.88. The largest absolute Gasteiger partial charge is 0.388 e. The average Bonchev–Trinajstić information content (AvgIpc) is 2.46. The number of benzene rings is 1. The van der Waals surface area contributed by atoms with Gasteiger partial charge in [-0.25, -0.2) is 0 Å². The van der Waals surface area contributed by atoms with Gasteiger partial charge in [-0.05, 0) is 36.5 Å². The van der Waals surface area contributed by atoms with Crippen LogP contribution in [0.3, 0.4) is 0 Å². The van der Waals surface area contributed by atoms with Crippen molar-refractivity contribution in [1.29, 1.82) is 0 Å². The molecule has 0 aliphatic heterocycles. The highest BCUT2D eigenvalue weighted by atomic mass is 16.3. The van der Waals surface area contributed by atoms with Crippen molar-refractivity contribution in [2.75, 3.05) is 0 Å². The monoisotopic (exact) mass is 257 g/mol. The fourth-order valence-electron chi connectivity index (χ4n) is 2.74. The highest BCUT2D eigenvalue weighted by Crippen LogP contribution is 2.30. The second-order valence-electron chi connectivity index (χ2n) is 5.24. The third kappa shape index (κ3) is 3.32. The molecule has 102 valence electrons. The molecular formula is C17H23NO. The Bertz CT molecular complexity index is 517. The molecule has 0 bridgehead atoms. The minimum atomic E-state index is -0.369. The van der Waals surface area contributed by atoms with E-state index in [9.17, 15) is 5.11 Å². The lowest BCUT2D eigenvalue weighted by molar-refractivity contribution is 0.0966. The minimum absolute atomic E-state index is 0.358. The summed E-state index contributed by atoms with van der Waals surface area (Å²) in [5.41, 5.74) is 1.96. The summed E-state index contributed by atoms with van der Waals surface area (Å²) in [7, 11) is 0. The number of aromatic nitrogens is 1. The molecule has 2 rings (SSSR count). The van der Waals surface area contributed by atoms with E-state index in [4.69, 9.17) is 0 Å². The van der Waals surface area contributed by atoms with Crippen LogP contribution in [0.4, 0.5) is 0 Å². The van der Waals surface area contributed by atoms with Gasteiger partial charge < -0.3 is 5.11 Å². The van der Waals surface area contributed by atoms with Gasteiger partial charge in [-0.2, -0.15) is 0 Å². The van der Waals surface area contributed by atoms with Gasteiger partial charge in [0.2, 0.25) is 0 Å². The van der Waals surface area contributed by atoms with Crippen molar-refractivity contribution in [3.63, 3.8) is 0 Å². The van der Waals surface area contributed by atoms with Crippen LogP contribution in [-0.2, 0) is 0 Å². The van der Waals surface area contributed by atoms with E-state index in [2.05, 4.69) is 24.9 Å². The molecule has 1 aromatic heterocycles. The fourth-order valence-corrected chi connectivity index (χ4v) is 2.74. The Hall–Kier alpha value is -1.41. The number of aliphatic hydroxyl groups is 1. The highest BCUT2D eigenvalue weighted by Gasteiger charge is 2.19. The first-order valence-corrected chi connectivity index (χ1v) is 7.29. The van der Waals surface area contributed by atoms with E-state index in [1.54, 1.807) is 6.20 Å². The lowest BCUT2D eigenvalue weighted by Crippen LogP contribution is -2.12. The van der Waals surface area contributed by atoms with Crippen LogP contribution in [0.1, 0.15) is 51.2 Å². The van der Waals surface area contributed by atoms with Gasteiger partial charge in [-0.3, -0.25) is 4.98 Å². The molecular weight excluding hydrogens is 234 g/mol. The van der Waals surface area contributed by atoms with Gasteiger partial charge in [-0.15, -0.1) is 0 Å². The van der Waals surface area contributed by atoms with Crippen molar-refractivity contribution >= 4 is 10.9 Å². The number of nitrogens with zero attached hydrogens (tertiary/aromatic N) is 1. The SMILES string of the molecule is CCCC(CCC)C(O)c1ccc2cccnc2c1. The topological polar surface area (TPSA) is 33.1 Å². The third-order valence-electron chi connectivity index (χ3n) is 3.74. The van der Waals surface area contributed by atoms with Crippen molar-refractivity contribution in [1.82, 2.24) is 4.98 Å². The third-order valence-corrected chi connectivity index (χ3v) is 3.74. The lowest BCUT2D eigenvalue weighted by Gasteiger charge is -2.22. The molecule has 1 aromatic carbocycles. The molecule has 0 radical (unpaired) electrons. The van der Waals surface area contributed by atoms with E-state index in [1.165, 1.54) is 0 Å². The molecule has 2 nitrogen and oxygen atoms in total. The first-order valence-electron chi connectivity index (χ1n) is 7.29. The average molecular weight is 257 g/mol. The summed E-state index contributed by atoms with van der Waals surface area (Å²) in [6, 6.07) is 10.1. The second-order valence-corrected chi connectivity index (χ2v) is 5.24. The fraction of sp³-hybridized carbons (Fsp3) is 0.471. The zero-order valence-electron chi connectivity index (χ0n) is 11.8. The number of fused-ring (bicyclic) bond motifs is 1. The quantitative estimate of drug-likeness (QED) is 0.827. The summed E-state index contributed by atoms with van der Waals surface area (Å²) in [5, 5.41) is 11.7. The smallest absolute Gasteiger partial charge is 0.0818 e. The van der Waals surface area contributed by atoms with Crippen LogP contribution in [0.5, 0.6) is 0 Å². The van der Waals surface area contributed by atoms with Crippen LogP contribution >= 0.6 is 0 Å². The molecule has 0 spiro atoms. The van der Waals surface area contributed by atoms with Crippen LogP contribution in [0.15, 0.2) is 36.5 Å². The van der Waals surface area contributed by atoms with Crippen molar-refractivity contribution in [2.24, 2.45) is 5.92 Å². The van der Waals surface area contributed by atoms with Gasteiger partial charge >= 0.3 is 0 Å². The molecule has 0 aliphatic carbocycles. The van der Waals surface area contributed by atoms with E-state index in [0.717, 1.165) is 42.1 Å². The van der Waals surface area contributed by atoms with Gasteiger partial charge in [0, 0.05) is 11.6 Å². The summed E-state index contributed by atoms with van der Waals surface area (Å²) >= 11 is 0. The van der Waals surface area contributed by atoms with E-state index in [-0.39, 0.29) is 6.10 Å². The molecule has 2 aromatic rings. The Balaban J connectivity index is 2.26. The zero-order valence-corrected chi connectivity index (χ0v) is 11.8. The molecule has 0 fully saturated rings. The first kappa shape index (κ1) is 14.0. The molecule has 0 aliphatic rings. The maximum atomic E-state index is 10.6. The van der Waals surface area contributed by atoms with Gasteiger partial charge in [0.15, 0.2) is 0 Å². The molecule has 2 heteroatoms. The molecule has 1 heterocycles. The Morgan fingerprint density at radius 1 is 1.11 bits per heavy atom. The maximum Gasteiger partial charge on any atom is 0.0818 e. The van der Waals surface area contributed by atoms with Crippen molar-refractivity contribution in [3.8, 4) is 0 Å². The summed E-state index contributed by atoms with van der Waals surface area (Å²) in [6.07, 6.45) is 5.82. The molecule has 1 unspecified atom stereocenters. The normalized spacial score (nSPS) is 13.1. The Morgan fingerprint density at radius 3 is 2.53 bits per heavy atom. The Labute approximate surface area is 115 Å². The first-order chi connectivity index (χ1) is 9.26. The highest BCUT2D eigenvalue weighted by molar-refractivity contribution is 5.78. The van der Waals surface area contributed by atoms with Gasteiger partial charge in [-0.1, -0.05) is 44.9 Å². The molecule has 1 atom stereocenters. The van der Waals surface area contributed by atoms with Crippen LogP contribution in [0, 0.1) is 5.92 Å². The van der Waals surface area contributed by atoms with E-state index in [1.807, 2.05) is 24.3 Å². The van der Waals surface area contributed by atoms with E-state index >= 15 is 0 Å². The molecule has 0 amide bonds. The van der Waals surface area contributed by atoms with Crippen LogP contribution in [0.25, 0.3) is 10.9 Å². The van der Waals surface area contributed by atoms with Gasteiger partial charge in [0.05, 0.1) is 11.6 Å². The molecule has 1 N–H and O–H groups in total. The molecule has 0 saturated carbocycles. The van der Waals surface area contributed by atoms with Crippen LogP contribution in [-0.4, -0.2) is 10.1 Å². The number of hydrogen-bond acceptors (Lipinski definition) is 2. The summed E-state index contributed by atoms with van der Waals surface area (Å²) in [6.45, 7) is 4.36.